The second-order valence-electron chi connectivity index (χ2n) is 7.37. The number of aryl methyl sites for hydroxylation is 2. The molecule has 1 aliphatic heterocycles. The molecule has 3 rings (SSSR count). The summed E-state index contributed by atoms with van der Waals surface area (Å²) in [5.41, 5.74) is 2.13. The quantitative estimate of drug-likeness (QED) is 0.274. The predicted molar refractivity (Wildman–Crippen MR) is 125 cm³/mol. The largest absolute Gasteiger partial charge is 0.403 e. The Labute approximate surface area is 192 Å². The number of piperazine rings is 1. The van der Waals surface area contributed by atoms with E-state index in [4.69, 9.17) is 0 Å². The van der Waals surface area contributed by atoms with Gasteiger partial charge in [0.25, 0.3) is 0 Å². The number of nitrogens with zero attached hydrogens (tertiary/aromatic N) is 5. The molecule has 1 aromatic carbocycles. The molecule has 1 N–H and O–H groups in total. The summed E-state index contributed by atoms with van der Waals surface area (Å²) in [6, 6.07) is 6.67. The van der Waals surface area contributed by atoms with Crippen LogP contribution in [0.25, 0.3) is 11.0 Å². The lowest BCUT2D eigenvalue weighted by Gasteiger charge is -2.39. The standard InChI is InChI=1S/C20H29F3N6.HI/c1-15(20(21,22)23)27-11-13-28(14-12-27)19(24-3)25-9-6-10-29-16(2)26-17-7-4-5-8-18(17)29;/h4-5,7-8,15H,6,9-14H2,1-3H3,(H,24,25);1H. The molecule has 0 aliphatic carbocycles. The number of aromatic nitrogens is 2. The van der Waals surface area contributed by atoms with Crippen molar-refractivity contribution in [2.45, 2.75) is 39.0 Å². The Hall–Kier alpha value is -1.56. The highest BCUT2D eigenvalue weighted by atomic mass is 127. The number of fused-ring (bicyclic) bond motifs is 1. The summed E-state index contributed by atoms with van der Waals surface area (Å²) in [5, 5.41) is 3.34. The number of hydrogen-bond acceptors (Lipinski definition) is 3. The molecule has 1 fully saturated rings. The number of imidazole rings is 1. The Morgan fingerprint density at radius 1 is 1.20 bits per heavy atom. The SMILES string of the molecule is CN=C(NCCCn1c(C)nc2ccccc21)N1CCN(C(C)C(F)(F)F)CC1.I. The van der Waals surface area contributed by atoms with E-state index < -0.39 is 12.2 Å². The van der Waals surface area contributed by atoms with Crippen molar-refractivity contribution in [3.63, 3.8) is 0 Å². The molecule has 2 aromatic rings. The molecule has 0 saturated carbocycles. The van der Waals surface area contributed by atoms with Gasteiger partial charge in [0.05, 0.1) is 11.0 Å². The Morgan fingerprint density at radius 3 is 2.50 bits per heavy atom. The summed E-state index contributed by atoms with van der Waals surface area (Å²) in [6.45, 7) is 6.63. The molecule has 0 amide bonds. The first-order chi connectivity index (χ1) is 13.8. The van der Waals surface area contributed by atoms with Crippen molar-refractivity contribution in [3.8, 4) is 0 Å². The first-order valence-corrected chi connectivity index (χ1v) is 9.99. The van der Waals surface area contributed by atoms with Gasteiger partial charge in [-0.05, 0) is 32.4 Å². The number of rotatable bonds is 5. The Kier molecular flexibility index (Phi) is 8.77. The van der Waals surface area contributed by atoms with E-state index in [1.54, 1.807) is 7.05 Å². The van der Waals surface area contributed by atoms with Gasteiger partial charge < -0.3 is 14.8 Å². The fourth-order valence-corrected chi connectivity index (χ4v) is 3.78. The van der Waals surface area contributed by atoms with Gasteiger partial charge >= 0.3 is 6.18 Å². The van der Waals surface area contributed by atoms with Crippen LogP contribution in [0, 0.1) is 6.92 Å². The summed E-state index contributed by atoms with van der Waals surface area (Å²) >= 11 is 0. The van der Waals surface area contributed by atoms with Crippen molar-refractivity contribution < 1.29 is 13.2 Å². The monoisotopic (exact) mass is 538 g/mol. The average Bonchev–Trinajstić information content (AvgIpc) is 3.02. The second-order valence-corrected chi connectivity index (χ2v) is 7.37. The van der Waals surface area contributed by atoms with E-state index in [0.717, 1.165) is 42.3 Å². The number of alkyl halides is 3. The summed E-state index contributed by atoms with van der Waals surface area (Å²) < 4.78 is 40.9. The molecular formula is C20H30F3IN6. The number of hydrogen-bond donors (Lipinski definition) is 1. The van der Waals surface area contributed by atoms with Crippen LogP contribution in [0.1, 0.15) is 19.2 Å². The molecule has 0 radical (unpaired) electrons. The van der Waals surface area contributed by atoms with Gasteiger partial charge in [0.15, 0.2) is 5.96 Å². The van der Waals surface area contributed by atoms with Crippen molar-refractivity contribution in [1.29, 1.82) is 0 Å². The van der Waals surface area contributed by atoms with Crippen molar-refractivity contribution in [1.82, 2.24) is 24.7 Å². The maximum atomic E-state index is 12.9. The molecule has 2 heterocycles. The molecular weight excluding hydrogens is 508 g/mol. The fourth-order valence-electron chi connectivity index (χ4n) is 3.78. The van der Waals surface area contributed by atoms with Gasteiger partial charge in [-0.3, -0.25) is 9.89 Å². The molecule has 1 atom stereocenters. The third kappa shape index (κ3) is 5.77. The molecule has 6 nitrogen and oxygen atoms in total. The molecule has 1 saturated heterocycles. The lowest BCUT2D eigenvalue weighted by molar-refractivity contribution is -0.181. The van der Waals surface area contributed by atoms with E-state index in [9.17, 15) is 13.2 Å². The van der Waals surface area contributed by atoms with Gasteiger partial charge in [0.2, 0.25) is 0 Å². The van der Waals surface area contributed by atoms with Crippen LogP contribution in [-0.2, 0) is 6.54 Å². The van der Waals surface area contributed by atoms with Crippen LogP contribution in [0.4, 0.5) is 13.2 Å². The van der Waals surface area contributed by atoms with Crippen molar-refractivity contribution in [2.75, 3.05) is 39.8 Å². The lowest BCUT2D eigenvalue weighted by atomic mass is 10.2. The molecule has 0 spiro atoms. The lowest BCUT2D eigenvalue weighted by Crippen LogP contribution is -2.56. The Balaban J connectivity index is 0.00000320. The van der Waals surface area contributed by atoms with Gasteiger partial charge in [0, 0.05) is 46.3 Å². The average molecular weight is 538 g/mol. The zero-order chi connectivity index (χ0) is 21.0. The molecule has 1 unspecified atom stereocenters. The zero-order valence-electron chi connectivity index (χ0n) is 17.6. The molecule has 30 heavy (non-hydrogen) atoms. The molecule has 10 heteroatoms. The first kappa shape index (κ1) is 24.7. The summed E-state index contributed by atoms with van der Waals surface area (Å²) in [7, 11) is 1.71. The van der Waals surface area contributed by atoms with Crippen LogP contribution in [-0.4, -0.2) is 77.3 Å². The van der Waals surface area contributed by atoms with Gasteiger partial charge in [0.1, 0.15) is 11.9 Å². The van der Waals surface area contributed by atoms with E-state index >= 15 is 0 Å². The highest BCUT2D eigenvalue weighted by Gasteiger charge is 2.41. The number of halogens is 4. The highest BCUT2D eigenvalue weighted by Crippen LogP contribution is 2.25. The minimum Gasteiger partial charge on any atom is -0.356 e. The highest BCUT2D eigenvalue weighted by molar-refractivity contribution is 14.0. The number of aliphatic imine (C=N–C) groups is 1. The van der Waals surface area contributed by atoms with Crippen molar-refractivity contribution in [2.24, 2.45) is 4.99 Å². The van der Waals surface area contributed by atoms with Crippen LogP contribution < -0.4 is 5.32 Å². The summed E-state index contributed by atoms with van der Waals surface area (Å²) in [4.78, 5) is 12.4. The smallest absolute Gasteiger partial charge is 0.356 e. The predicted octanol–water partition coefficient (Wildman–Crippen LogP) is 3.50. The van der Waals surface area contributed by atoms with Gasteiger partial charge in [-0.15, -0.1) is 24.0 Å². The number of guanidine groups is 1. The van der Waals surface area contributed by atoms with Crippen LogP contribution in [0.3, 0.4) is 0 Å². The zero-order valence-corrected chi connectivity index (χ0v) is 19.9. The number of para-hydroxylation sites is 2. The second kappa shape index (κ2) is 10.7. The minimum absolute atomic E-state index is 0. The first-order valence-electron chi connectivity index (χ1n) is 9.99. The van der Waals surface area contributed by atoms with E-state index in [1.165, 1.54) is 11.8 Å². The van der Waals surface area contributed by atoms with Crippen LogP contribution in [0.2, 0.25) is 0 Å². The van der Waals surface area contributed by atoms with E-state index in [-0.39, 0.29) is 24.0 Å². The van der Waals surface area contributed by atoms with E-state index in [2.05, 4.69) is 25.9 Å². The topological polar surface area (TPSA) is 48.7 Å². The molecule has 1 aromatic heterocycles. The third-order valence-corrected chi connectivity index (χ3v) is 5.53. The Bertz CT molecular complexity index is 843. The third-order valence-electron chi connectivity index (χ3n) is 5.53. The van der Waals surface area contributed by atoms with Crippen molar-refractivity contribution >= 4 is 41.0 Å². The maximum Gasteiger partial charge on any atom is 0.403 e. The Morgan fingerprint density at radius 2 is 1.87 bits per heavy atom. The van der Waals surface area contributed by atoms with Crippen LogP contribution >= 0.6 is 24.0 Å². The minimum atomic E-state index is -4.18. The normalized spacial score (nSPS) is 17.1. The van der Waals surface area contributed by atoms with Gasteiger partial charge in [-0.2, -0.15) is 13.2 Å². The van der Waals surface area contributed by atoms with Crippen molar-refractivity contribution in [3.05, 3.63) is 30.1 Å². The van der Waals surface area contributed by atoms with Gasteiger partial charge in [-0.1, -0.05) is 12.1 Å². The summed E-state index contributed by atoms with van der Waals surface area (Å²) in [6.07, 6.45) is -3.29. The number of benzene rings is 1. The van der Waals surface area contributed by atoms with Crippen LogP contribution in [0.5, 0.6) is 0 Å². The van der Waals surface area contributed by atoms with Crippen LogP contribution in [0.15, 0.2) is 29.3 Å². The van der Waals surface area contributed by atoms with E-state index in [1.807, 2.05) is 30.0 Å². The molecule has 1 aliphatic rings. The summed E-state index contributed by atoms with van der Waals surface area (Å²) in [5.74, 6) is 1.74. The molecule has 0 bridgehead atoms. The maximum absolute atomic E-state index is 12.9. The fraction of sp³-hybridized carbons (Fsp3) is 0.600. The molecule has 168 valence electrons. The van der Waals surface area contributed by atoms with E-state index in [0.29, 0.717) is 26.2 Å². The van der Waals surface area contributed by atoms with Gasteiger partial charge in [-0.25, -0.2) is 4.98 Å². The number of nitrogens with one attached hydrogen (secondary N) is 1.